The number of hydrogen-bond donors (Lipinski definition) is 0. The molecule has 0 amide bonds. The zero-order valence-electron chi connectivity index (χ0n) is 12.8. The largest absolute Gasteiger partial charge is 0.434 e. The van der Waals surface area contributed by atoms with Gasteiger partial charge in [0.2, 0.25) is 5.82 Å². The van der Waals surface area contributed by atoms with Crippen LogP contribution in [0, 0.1) is 24.0 Å². The second-order valence-electron chi connectivity index (χ2n) is 5.05. The molecule has 2 aromatic heterocycles. The van der Waals surface area contributed by atoms with Crippen LogP contribution < -0.4 is 4.74 Å². The lowest BCUT2D eigenvalue weighted by atomic mass is 10.1. The first-order chi connectivity index (χ1) is 11.5. The van der Waals surface area contributed by atoms with Crippen molar-refractivity contribution in [1.29, 1.82) is 0 Å². The Hall–Kier alpha value is -3.00. The van der Waals surface area contributed by atoms with Gasteiger partial charge in [-0.25, -0.2) is 9.97 Å². The van der Waals surface area contributed by atoms with Crippen molar-refractivity contribution in [3.05, 3.63) is 63.4 Å². The molecule has 122 valence electrons. The molecule has 2 heterocycles. The van der Waals surface area contributed by atoms with Crippen molar-refractivity contribution in [2.75, 3.05) is 0 Å². The van der Waals surface area contributed by atoms with Gasteiger partial charge in [-0.1, -0.05) is 11.6 Å². The van der Waals surface area contributed by atoms with Crippen LogP contribution in [0.1, 0.15) is 11.1 Å². The molecule has 0 aliphatic heterocycles. The van der Waals surface area contributed by atoms with Crippen molar-refractivity contribution in [1.82, 2.24) is 19.5 Å². The Kier molecular flexibility index (Phi) is 4.13. The number of rotatable bonds is 4. The average molecular weight is 346 g/mol. The summed E-state index contributed by atoms with van der Waals surface area (Å²) in [5.74, 6) is 0.331. The average Bonchev–Trinajstić information content (AvgIpc) is 3.06. The topological polar surface area (TPSA) is 96.0 Å². The van der Waals surface area contributed by atoms with Crippen LogP contribution in [-0.4, -0.2) is 24.4 Å². The van der Waals surface area contributed by atoms with E-state index in [9.17, 15) is 10.1 Å². The molecule has 0 spiro atoms. The van der Waals surface area contributed by atoms with Crippen molar-refractivity contribution in [2.24, 2.45) is 0 Å². The van der Waals surface area contributed by atoms with E-state index in [0.717, 1.165) is 11.1 Å². The van der Waals surface area contributed by atoms with Gasteiger partial charge >= 0.3 is 11.6 Å². The number of halogens is 1. The molecule has 3 rings (SSSR count). The highest BCUT2D eigenvalue weighted by atomic mass is 35.5. The highest BCUT2D eigenvalue weighted by Gasteiger charge is 2.26. The van der Waals surface area contributed by atoms with Crippen molar-refractivity contribution < 1.29 is 9.66 Å². The molecule has 9 heteroatoms. The van der Waals surface area contributed by atoms with Gasteiger partial charge in [-0.15, -0.1) is 0 Å². The fraction of sp³-hybridized carbons (Fsp3) is 0.133. The van der Waals surface area contributed by atoms with E-state index in [1.54, 1.807) is 18.3 Å². The molecule has 0 aliphatic rings. The van der Waals surface area contributed by atoms with E-state index in [4.69, 9.17) is 16.3 Å². The minimum Gasteiger partial charge on any atom is -0.434 e. The Morgan fingerprint density at radius 1 is 1.25 bits per heavy atom. The zero-order valence-corrected chi connectivity index (χ0v) is 13.6. The monoisotopic (exact) mass is 345 g/mol. The number of ether oxygens (including phenoxy) is 1. The lowest BCUT2D eigenvalue weighted by Gasteiger charge is -2.10. The zero-order chi connectivity index (χ0) is 17.3. The van der Waals surface area contributed by atoms with Crippen LogP contribution in [0.15, 0.2) is 37.2 Å². The van der Waals surface area contributed by atoms with Crippen LogP contribution in [0.4, 0.5) is 5.69 Å². The molecule has 0 fully saturated rings. The number of aromatic nitrogens is 4. The van der Waals surface area contributed by atoms with E-state index >= 15 is 0 Å². The third kappa shape index (κ3) is 2.91. The van der Waals surface area contributed by atoms with E-state index in [-0.39, 0.29) is 17.4 Å². The van der Waals surface area contributed by atoms with Crippen LogP contribution in [0.3, 0.4) is 0 Å². The van der Waals surface area contributed by atoms with Crippen LogP contribution in [0.5, 0.6) is 11.6 Å². The Morgan fingerprint density at radius 3 is 2.54 bits per heavy atom. The van der Waals surface area contributed by atoms with Crippen molar-refractivity contribution in [2.45, 2.75) is 13.8 Å². The highest BCUT2D eigenvalue weighted by molar-refractivity contribution is 6.32. The van der Waals surface area contributed by atoms with Crippen LogP contribution in [-0.2, 0) is 0 Å². The molecule has 0 saturated heterocycles. The highest BCUT2D eigenvalue weighted by Crippen LogP contribution is 2.34. The molecule has 0 atom stereocenters. The summed E-state index contributed by atoms with van der Waals surface area (Å²) in [6.45, 7) is 3.65. The first-order valence-electron chi connectivity index (χ1n) is 6.89. The van der Waals surface area contributed by atoms with E-state index < -0.39 is 4.92 Å². The van der Waals surface area contributed by atoms with Crippen LogP contribution >= 0.6 is 11.6 Å². The third-order valence-corrected chi connectivity index (χ3v) is 3.92. The summed E-state index contributed by atoms with van der Waals surface area (Å²) >= 11 is 6.13. The summed E-state index contributed by atoms with van der Waals surface area (Å²) in [4.78, 5) is 22.7. The quantitative estimate of drug-likeness (QED) is 0.529. The lowest BCUT2D eigenvalue weighted by molar-refractivity contribution is -0.386. The molecule has 3 aromatic rings. The van der Waals surface area contributed by atoms with Gasteiger partial charge in [0.25, 0.3) is 0 Å². The van der Waals surface area contributed by atoms with Gasteiger partial charge in [0.15, 0.2) is 0 Å². The minimum atomic E-state index is -0.583. The number of aryl methyl sites for hydroxylation is 2. The SMILES string of the molecule is Cc1cc(Oc2ncnc(-n3ccnc3)c2[N+](=O)[O-])cc(C)c1Cl. The molecule has 0 saturated carbocycles. The number of benzene rings is 1. The predicted molar refractivity (Wildman–Crippen MR) is 86.8 cm³/mol. The maximum atomic E-state index is 11.5. The van der Waals surface area contributed by atoms with Crippen molar-refractivity contribution >= 4 is 17.3 Å². The summed E-state index contributed by atoms with van der Waals surface area (Å²) in [7, 11) is 0. The summed E-state index contributed by atoms with van der Waals surface area (Å²) in [6.07, 6.45) is 5.66. The normalized spacial score (nSPS) is 10.6. The fourth-order valence-electron chi connectivity index (χ4n) is 2.24. The molecule has 0 unspecified atom stereocenters. The standard InChI is InChI=1S/C15H12ClN5O3/c1-9-5-11(6-10(2)12(9)16)24-15-13(21(22)23)14(18-7-19-15)20-4-3-17-8-20/h3-8H,1-2H3. The van der Waals surface area contributed by atoms with Gasteiger partial charge in [0, 0.05) is 17.4 Å². The molecule has 1 aromatic carbocycles. The summed E-state index contributed by atoms with van der Waals surface area (Å²) in [6, 6.07) is 3.39. The molecular formula is C15H12ClN5O3. The number of imidazole rings is 1. The Morgan fingerprint density at radius 2 is 1.96 bits per heavy atom. The fourth-order valence-corrected chi connectivity index (χ4v) is 2.35. The van der Waals surface area contributed by atoms with E-state index in [2.05, 4.69) is 15.0 Å². The molecule has 8 nitrogen and oxygen atoms in total. The van der Waals surface area contributed by atoms with E-state index in [1.165, 1.54) is 23.4 Å². The van der Waals surface area contributed by atoms with Gasteiger partial charge in [-0.3, -0.25) is 14.7 Å². The third-order valence-electron chi connectivity index (χ3n) is 3.33. The molecule has 0 aliphatic carbocycles. The molecule has 0 N–H and O–H groups in total. The lowest BCUT2D eigenvalue weighted by Crippen LogP contribution is -2.05. The molecule has 0 radical (unpaired) electrons. The number of nitro groups is 1. The van der Waals surface area contributed by atoms with Gasteiger partial charge in [-0.2, -0.15) is 4.98 Å². The second kappa shape index (κ2) is 6.25. The second-order valence-corrected chi connectivity index (χ2v) is 5.43. The van der Waals surface area contributed by atoms with Gasteiger partial charge in [0.1, 0.15) is 18.4 Å². The molecule has 0 bridgehead atoms. The van der Waals surface area contributed by atoms with Crippen molar-refractivity contribution in [3.8, 4) is 17.4 Å². The molecular weight excluding hydrogens is 334 g/mol. The van der Waals surface area contributed by atoms with Gasteiger partial charge in [-0.05, 0) is 37.1 Å². The minimum absolute atomic E-state index is 0.0740. The van der Waals surface area contributed by atoms with Gasteiger partial charge < -0.3 is 4.74 Å². The predicted octanol–water partition coefficient (Wildman–Crippen LogP) is 3.63. The maximum Gasteiger partial charge on any atom is 0.374 e. The van der Waals surface area contributed by atoms with Crippen LogP contribution in [0.25, 0.3) is 5.82 Å². The Bertz CT molecular complexity index is 888. The first kappa shape index (κ1) is 15.9. The number of nitrogens with zero attached hydrogens (tertiary/aromatic N) is 5. The molecule has 24 heavy (non-hydrogen) atoms. The smallest absolute Gasteiger partial charge is 0.374 e. The van der Waals surface area contributed by atoms with E-state index in [0.29, 0.717) is 10.8 Å². The maximum absolute atomic E-state index is 11.5. The van der Waals surface area contributed by atoms with Crippen molar-refractivity contribution in [3.63, 3.8) is 0 Å². The van der Waals surface area contributed by atoms with Crippen LogP contribution in [0.2, 0.25) is 5.02 Å². The van der Waals surface area contributed by atoms with E-state index in [1.807, 2.05) is 13.8 Å². The first-order valence-corrected chi connectivity index (χ1v) is 7.27. The summed E-state index contributed by atoms with van der Waals surface area (Å²) in [5.41, 5.74) is 1.26. The Labute approximate surface area is 141 Å². The summed E-state index contributed by atoms with van der Waals surface area (Å²) < 4.78 is 7.06. The van der Waals surface area contributed by atoms with Gasteiger partial charge in [0.05, 0.1) is 4.92 Å². The summed E-state index contributed by atoms with van der Waals surface area (Å²) in [5, 5.41) is 12.1. The number of hydrogen-bond acceptors (Lipinski definition) is 6. The Balaban J connectivity index is 2.09.